The van der Waals surface area contributed by atoms with Crippen LogP contribution in [0.25, 0.3) is 0 Å². The number of hydrogen-bond acceptors (Lipinski definition) is 3. The molecular weight excluding hydrogens is 500 g/mol. The molecule has 0 saturated heterocycles. The van der Waals surface area contributed by atoms with E-state index in [1.807, 2.05) is 6.92 Å². The van der Waals surface area contributed by atoms with E-state index in [1.165, 1.54) is 12.7 Å². The molecule has 20 heavy (non-hydrogen) atoms. The molecule has 0 saturated carbocycles. The van der Waals surface area contributed by atoms with Gasteiger partial charge in [0.15, 0.2) is 0 Å². The van der Waals surface area contributed by atoms with E-state index >= 15 is 0 Å². The summed E-state index contributed by atoms with van der Waals surface area (Å²) in [5.74, 6) is -0.277. The molecule has 1 aromatic rings. The molecular formula is C16H23LrNO2. The van der Waals surface area contributed by atoms with Gasteiger partial charge in [0.25, 0.3) is 0 Å². The summed E-state index contributed by atoms with van der Waals surface area (Å²) in [6, 6.07) is 1.80. The van der Waals surface area contributed by atoms with Crippen LogP contribution in [0.1, 0.15) is 54.7 Å². The fourth-order valence-corrected chi connectivity index (χ4v) is 1.87. The Morgan fingerprint density at radius 1 is 1.45 bits per heavy atom. The van der Waals surface area contributed by atoms with Crippen molar-refractivity contribution in [2.45, 2.75) is 46.5 Å². The zero-order valence-corrected chi connectivity index (χ0v) is 14.7. The van der Waals surface area contributed by atoms with Crippen molar-refractivity contribution in [3.05, 3.63) is 40.7 Å². The summed E-state index contributed by atoms with van der Waals surface area (Å²) in [5.41, 5.74) is 3.87. The van der Waals surface area contributed by atoms with Crippen LogP contribution in [-0.2, 0) is 11.2 Å². The van der Waals surface area contributed by atoms with Crippen LogP contribution in [-0.4, -0.2) is 18.1 Å². The van der Waals surface area contributed by atoms with E-state index in [-0.39, 0.29) is 5.97 Å². The van der Waals surface area contributed by atoms with Crippen LogP contribution in [0.5, 0.6) is 0 Å². The van der Waals surface area contributed by atoms with E-state index in [0.717, 1.165) is 36.9 Å². The largest absolute Gasteiger partial charge is 0.465 e. The molecule has 0 amide bonds. The van der Waals surface area contributed by atoms with Crippen molar-refractivity contribution in [1.82, 2.24) is 4.98 Å². The molecule has 0 fully saturated rings. The number of methoxy groups -OCH3 is 1. The van der Waals surface area contributed by atoms with Gasteiger partial charge in [0, 0.05) is 11.9 Å². The number of esters is 1. The van der Waals surface area contributed by atoms with Gasteiger partial charge < -0.3 is 4.74 Å². The Morgan fingerprint density at radius 3 is 2.75 bits per heavy atom. The molecule has 0 N–H and O–H groups in total. The van der Waals surface area contributed by atoms with Gasteiger partial charge in [-0.25, -0.2) is 4.79 Å². The molecule has 119 valence electrons. The second-order valence-corrected chi connectivity index (χ2v) is 4.77. The Balaban J connectivity index is 0.00000361. The van der Waals surface area contributed by atoms with Crippen molar-refractivity contribution in [3.8, 4) is 0 Å². The molecule has 4 heteroatoms. The van der Waals surface area contributed by atoms with Crippen molar-refractivity contribution in [3.63, 3.8) is 0 Å². The number of hydrogen-bond donors (Lipinski definition) is 0. The summed E-state index contributed by atoms with van der Waals surface area (Å²) in [6.45, 7) is 6.18. The number of rotatable bonds is 6. The summed E-state index contributed by atoms with van der Waals surface area (Å²) in [5, 5.41) is 0. The van der Waals surface area contributed by atoms with Crippen LogP contribution in [0.15, 0.2) is 23.9 Å². The molecule has 0 aliphatic heterocycles. The average molecular weight is 523 g/mol. The quantitative estimate of drug-likeness (QED) is 0.323. The first-order valence-corrected chi connectivity index (χ1v) is 6.78. The van der Waals surface area contributed by atoms with Crippen molar-refractivity contribution in [2.24, 2.45) is 0 Å². The molecule has 1 heterocycles. The molecule has 0 aliphatic rings. The predicted molar refractivity (Wildman–Crippen MR) is 77.3 cm³/mol. The van der Waals surface area contributed by atoms with E-state index in [1.54, 1.807) is 12.3 Å². The maximum Gasteiger partial charge on any atom is 0.338 e. The van der Waals surface area contributed by atoms with Crippen LogP contribution in [0.4, 0.5) is 0 Å². The third-order valence-electron chi connectivity index (χ3n) is 3.23. The molecule has 1 rings (SSSR count). The van der Waals surface area contributed by atoms with Crippen LogP contribution in [0, 0.1) is 6.92 Å². The second kappa shape index (κ2) is 8.46. The Labute approximate surface area is 115 Å². The standard InChI is InChI=1S/C16H23NO2.Lr/c1-5-12(2)8-6-7-9-14-11-17-13(3)10-15(14)16(18)19-4;/h8,10-11H,5-7,9H2,1-4H3;/b12-8-;. The van der Waals surface area contributed by atoms with Crippen LogP contribution >= 0.6 is 0 Å². The zero-order valence-electron chi connectivity index (χ0n) is 12.6. The molecule has 0 unspecified atom stereocenters. The number of allylic oxidation sites excluding steroid dienone is 2. The summed E-state index contributed by atoms with van der Waals surface area (Å²) in [6.07, 6.45) is 8.06. The maximum atomic E-state index is 11.7. The number of carbonyl (C=O) groups excluding carboxylic acids is 1. The van der Waals surface area contributed by atoms with Gasteiger partial charge >= 0.3 is 5.97 Å². The first-order valence-electron chi connectivity index (χ1n) is 6.78. The van der Waals surface area contributed by atoms with Gasteiger partial charge in [-0.05, 0) is 51.2 Å². The minimum Gasteiger partial charge on any atom is -0.465 e. The fourth-order valence-electron chi connectivity index (χ4n) is 1.87. The summed E-state index contributed by atoms with van der Waals surface area (Å²) >= 11 is 0. The summed E-state index contributed by atoms with van der Waals surface area (Å²) < 4.78 is 4.82. The van der Waals surface area contributed by atoms with Crippen molar-refractivity contribution in [2.75, 3.05) is 7.11 Å². The van der Waals surface area contributed by atoms with E-state index < -0.39 is 0 Å². The Kier molecular flexibility index (Phi) is 7.34. The average Bonchev–Trinajstić information content (AvgIpc) is 2.43. The molecule has 0 aromatic carbocycles. The number of aryl methyl sites for hydroxylation is 2. The van der Waals surface area contributed by atoms with Crippen LogP contribution in [0.2, 0.25) is 0 Å². The molecule has 0 atom stereocenters. The first kappa shape index (κ1) is 17.4. The second-order valence-electron chi connectivity index (χ2n) is 4.77. The van der Waals surface area contributed by atoms with Crippen LogP contribution < -0.4 is 0 Å². The first-order chi connectivity index (χ1) is 9.08. The number of ether oxygens (including phenoxy) is 1. The molecule has 1 radical (unpaired) electrons. The van der Waals surface area contributed by atoms with Crippen molar-refractivity contribution in [1.29, 1.82) is 0 Å². The van der Waals surface area contributed by atoms with E-state index in [4.69, 9.17) is 4.74 Å². The van der Waals surface area contributed by atoms with Gasteiger partial charge in [0.2, 0.25) is 0 Å². The number of aromatic nitrogens is 1. The minimum absolute atomic E-state index is 0. The van der Waals surface area contributed by atoms with Gasteiger partial charge in [-0.3, -0.25) is 4.98 Å². The fraction of sp³-hybridized carbons (Fsp3) is 0.500. The SMILES string of the molecule is CC/C(C)=C\CCCc1cnc(C)cc1C(=O)OC.[Lr]. The molecule has 0 bridgehead atoms. The number of nitrogens with zero attached hydrogens (tertiary/aromatic N) is 1. The van der Waals surface area contributed by atoms with E-state index in [9.17, 15) is 4.79 Å². The predicted octanol–water partition coefficient (Wildman–Crippen LogP) is 3.86. The smallest absolute Gasteiger partial charge is 0.338 e. The number of pyridine rings is 1. The normalized spacial score (nSPS) is 10.9. The van der Waals surface area contributed by atoms with Crippen molar-refractivity contribution >= 4 is 5.97 Å². The number of unbranched alkanes of at least 4 members (excludes halogenated alkanes) is 1. The Bertz CT molecular complexity index is 470. The van der Waals surface area contributed by atoms with Gasteiger partial charge in [0.1, 0.15) is 0 Å². The minimum atomic E-state index is -0.277. The van der Waals surface area contributed by atoms with Crippen molar-refractivity contribution < 1.29 is 9.53 Å². The Hall–Kier alpha value is -2.64. The monoisotopic (exact) mass is 523 g/mol. The third kappa shape index (κ3) is 4.92. The number of carbonyl (C=O) groups is 1. The van der Waals surface area contributed by atoms with E-state index in [2.05, 4.69) is 24.9 Å². The zero-order chi connectivity index (χ0) is 14.3. The molecule has 3 nitrogen and oxygen atoms in total. The summed E-state index contributed by atoms with van der Waals surface area (Å²) in [7, 11) is 1.41. The Morgan fingerprint density at radius 2 is 2.15 bits per heavy atom. The maximum absolute atomic E-state index is 11.7. The molecule has 1 aromatic heterocycles. The van der Waals surface area contributed by atoms with E-state index in [0.29, 0.717) is 5.56 Å². The topological polar surface area (TPSA) is 39.2 Å². The summed E-state index contributed by atoms with van der Waals surface area (Å²) in [4.78, 5) is 16.0. The molecule has 0 spiro atoms. The van der Waals surface area contributed by atoms with Crippen LogP contribution in [0.3, 0.4) is 0 Å². The molecule has 0 aliphatic carbocycles. The van der Waals surface area contributed by atoms with Gasteiger partial charge in [-0.1, -0.05) is 18.6 Å². The van der Waals surface area contributed by atoms with Gasteiger partial charge in [0.05, 0.1) is 12.7 Å². The van der Waals surface area contributed by atoms with Gasteiger partial charge in [-0.2, -0.15) is 0 Å². The van der Waals surface area contributed by atoms with Gasteiger partial charge in [-0.15, -0.1) is 0 Å². The third-order valence-corrected chi connectivity index (χ3v) is 3.23.